The molecule has 2 fully saturated rings. The number of fused-ring (bicyclic) bond motifs is 1. The van der Waals surface area contributed by atoms with E-state index in [2.05, 4.69) is 4.72 Å². The summed E-state index contributed by atoms with van der Waals surface area (Å²) in [4.78, 5) is 28.7. The van der Waals surface area contributed by atoms with E-state index in [9.17, 15) is 18.0 Å². The van der Waals surface area contributed by atoms with Crippen LogP contribution in [0.25, 0.3) is 10.1 Å². The van der Waals surface area contributed by atoms with Gasteiger partial charge >= 0.3 is 0 Å². The predicted molar refractivity (Wildman–Crippen MR) is 114 cm³/mol. The lowest BCUT2D eigenvalue weighted by atomic mass is 10.2. The highest BCUT2D eigenvalue weighted by Gasteiger charge is 2.40. The van der Waals surface area contributed by atoms with Gasteiger partial charge in [0.1, 0.15) is 16.3 Å². The van der Waals surface area contributed by atoms with Gasteiger partial charge in [0.15, 0.2) is 0 Å². The molecular formula is C19H22ClN3O5S2. The molecule has 2 amide bonds. The van der Waals surface area contributed by atoms with Crippen LogP contribution in [0.5, 0.6) is 0 Å². The summed E-state index contributed by atoms with van der Waals surface area (Å²) in [5.41, 5.74) is 0. The number of hydrogen-bond acceptors (Lipinski definition) is 6. The van der Waals surface area contributed by atoms with Crippen molar-refractivity contribution in [1.82, 2.24) is 14.5 Å². The normalized spacial score (nSPS) is 21.4. The molecule has 2 aliphatic rings. The smallest absolute Gasteiger partial charge is 0.250 e. The molecule has 3 heterocycles. The summed E-state index contributed by atoms with van der Waals surface area (Å²) < 4.78 is 34.4. The lowest BCUT2D eigenvalue weighted by molar-refractivity contribution is -0.146. The first-order valence-electron chi connectivity index (χ1n) is 9.65. The number of halogens is 1. The monoisotopic (exact) mass is 471 g/mol. The molecular weight excluding hydrogens is 450 g/mol. The zero-order valence-electron chi connectivity index (χ0n) is 16.3. The molecule has 0 radical (unpaired) electrons. The molecule has 1 aromatic carbocycles. The van der Waals surface area contributed by atoms with Crippen molar-refractivity contribution in [2.24, 2.45) is 0 Å². The summed E-state index contributed by atoms with van der Waals surface area (Å²) in [5.74, 6) is -0.520. The maximum atomic E-state index is 12.9. The second-order valence-corrected chi connectivity index (χ2v) is 10.8. The number of nitrogens with one attached hydrogen (secondary N) is 1. The van der Waals surface area contributed by atoms with Crippen LogP contribution in [-0.2, 0) is 24.3 Å². The Balaban J connectivity index is 1.45. The number of nitrogens with zero attached hydrogens (tertiary/aromatic N) is 2. The highest BCUT2D eigenvalue weighted by molar-refractivity contribution is 7.91. The minimum absolute atomic E-state index is 0.128. The number of thiophene rings is 1. The van der Waals surface area contributed by atoms with E-state index >= 15 is 0 Å². The standard InChI is InChI=1S/C19H22ClN3O5S2/c1-12(18(24)22-6-8-28-9-7-22)23-5-4-15(19(23)25)21-30(26,27)17-11-13-10-14(20)2-3-16(13)29-17/h2-3,10-12,15,21H,4-9H2,1H3/t12-,15-/m0/s1. The van der Waals surface area contributed by atoms with Gasteiger partial charge in [-0.1, -0.05) is 11.6 Å². The van der Waals surface area contributed by atoms with Crippen molar-refractivity contribution in [3.8, 4) is 0 Å². The van der Waals surface area contributed by atoms with E-state index in [1.807, 2.05) is 0 Å². The van der Waals surface area contributed by atoms with Gasteiger partial charge in [0.25, 0.3) is 10.0 Å². The zero-order chi connectivity index (χ0) is 21.5. The van der Waals surface area contributed by atoms with Crippen molar-refractivity contribution >= 4 is 54.9 Å². The summed E-state index contributed by atoms with van der Waals surface area (Å²) in [6.07, 6.45) is 0.315. The van der Waals surface area contributed by atoms with Gasteiger partial charge in [-0.25, -0.2) is 8.42 Å². The van der Waals surface area contributed by atoms with E-state index in [4.69, 9.17) is 16.3 Å². The van der Waals surface area contributed by atoms with E-state index in [0.29, 0.717) is 44.3 Å². The van der Waals surface area contributed by atoms with Crippen molar-refractivity contribution in [2.75, 3.05) is 32.8 Å². The van der Waals surface area contributed by atoms with Gasteiger partial charge in [-0.15, -0.1) is 11.3 Å². The molecule has 2 saturated heterocycles. The third kappa shape index (κ3) is 4.19. The van der Waals surface area contributed by atoms with Gasteiger partial charge in [-0.3, -0.25) is 9.59 Å². The lowest BCUT2D eigenvalue weighted by Crippen LogP contribution is -2.52. The van der Waals surface area contributed by atoms with Gasteiger partial charge in [-0.2, -0.15) is 4.72 Å². The molecule has 2 aromatic rings. The fourth-order valence-corrected chi connectivity index (χ4v) is 6.54. The molecule has 2 atom stereocenters. The van der Waals surface area contributed by atoms with Crippen LogP contribution in [0, 0.1) is 0 Å². The summed E-state index contributed by atoms with van der Waals surface area (Å²) in [5, 5.41) is 1.26. The van der Waals surface area contributed by atoms with E-state index in [1.54, 1.807) is 36.1 Å². The van der Waals surface area contributed by atoms with Crippen molar-refractivity contribution < 1.29 is 22.7 Å². The first-order chi connectivity index (χ1) is 14.3. The maximum Gasteiger partial charge on any atom is 0.250 e. The van der Waals surface area contributed by atoms with E-state index in [-0.39, 0.29) is 16.0 Å². The maximum absolute atomic E-state index is 12.9. The molecule has 0 unspecified atom stereocenters. The topological polar surface area (TPSA) is 96.0 Å². The summed E-state index contributed by atoms with van der Waals surface area (Å²) >= 11 is 7.10. The fraction of sp³-hybridized carbons (Fsp3) is 0.474. The number of rotatable bonds is 5. The largest absolute Gasteiger partial charge is 0.378 e. The van der Waals surface area contributed by atoms with Crippen molar-refractivity contribution in [1.29, 1.82) is 0 Å². The highest BCUT2D eigenvalue weighted by atomic mass is 35.5. The minimum Gasteiger partial charge on any atom is -0.378 e. The number of ether oxygens (including phenoxy) is 1. The highest BCUT2D eigenvalue weighted by Crippen LogP contribution is 2.31. The van der Waals surface area contributed by atoms with Gasteiger partial charge in [0.2, 0.25) is 11.8 Å². The first kappa shape index (κ1) is 21.5. The number of amides is 2. The van der Waals surface area contributed by atoms with Crippen LogP contribution >= 0.6 is 22.9 Å². The van der Waals surface area contributed by atoms with Crippen LogP contribution in [0.4, 0.5) is 0 Å². The van der Waals surface area contributed by atoms with Gasteiger partial charge < -0.3 is 14.5 Å². The number of likely N-dealkylation sites (tertiary alicyclic amines) is 1. The Labute approximate surface area is 183 Å². The summed E-state index contributed by atoms with van der Waals surface area (Å²) in [6, 6.07) is 5.20. The van der Waals surface area contributed by atoms with Crippen LogP contribution in [0.1, 0.15) is 13.3 Å². The summed E-state index contributed by atoms with van der Waals surface area (Å²) in [7, 11) is -3.88. The Morgan fingerprint density at radius 3 is 2.73 bits per heavy atom. The number of carbonyl (C=O) groups excluding carboxylic acids is 2. The van der Waals surface area contributed by atoms with Gasteiger partial charge in [0, 0.05) is 29.4 Å². The van der Waals surface area contributed by atoms with Crippen LogP contribution in [-0.4, -0.2) is 75.0 Å². The summed E-state index contributed by atoms with van der Waals surface area (Å²) in [6.45, 7) is 3.96. The van der Waals surface area contributed by atoms with Gasteiger partial charge in [0.05, 0.1) is 13.2 Å². The Morgan fingerprint density at radius 2 is 2.00 bits per heavy atom. The third-order valence-corrected chi connectivity index (χ3v) is 8.70. The second kappa shape index (κ2) is 8.43. The fourth-order valence-electron chi connectivity index (χ4n) is 3.74. The van der Waals surface area contributed by atoms with E-state index in [0.717, 1.165) is 21.4 Å². The lowest BCUT2D eigenvalue weighted by Gasteiger charge is -2.32. The number of hydrogen-bond donors (Lipinski definition) is 1. The third-order valence-electron chi connectivity index (χ3n) is 5.41. The molecule has 0 aliphatic carbocycles. The van der Waals surface area contributed by atoms with E-state index < -0.39 is 22.1 Å². The van der Waals surface area contributed by atoms with Crippen LogP contribution in [0.3, 0.4) is 0 Å². The molecule has 0 saturated carbocycles. The molecule has 0 bridgehead atoms. The second-order valence-electron chi connectivity index (χ2n) is 7.36. The Bertz CT molecular complexity index is 1080. The van der Waals surface area contributed by atoms with Crippen LogP contribution < -0.4 is 4.72 Å². The zero-order valence-corrected chi connectivity index (χ0v) is 18.7. The van der Waals surface area contributed by atoms with Crippen LogP contribution in [0.2, 0.25) is 5.02 Å². The SMILES string of the molecule is C[C@@H](C(=O)N1CCOCC1)N1CC[C@H](NS(=O)(=O)c2cc3cc(Cl)ccc3s2)C1=O. The minimum atomic E-state index is -3.88. The Hall–Kier alpha value is -1.72. The quantitative estimate of drug-likeness (QED) is 0.715. The molecule has 11 heteroatoms. The molecule has 2 aliphatic heterocycles. The molecule has 8 nitrogen and oxygen atoms in total. The predicted octanol–water partition coefficient (Wildman–Crippen LogP) is 1.68. The number of carbonyl (C=O) groups is 2. The molecule has 30 heavy (non-hydrogen) atoms. The average molecular weight is 472 g/mol. The Kier molecular flexibility index (Phi) is 6.04. The van der Waals surface area contributed by atoms with Crippen molar-refractivity contribution in [3.05, 3.63) is 29.3 Å². The number of sulfonamides is 1. The number of benzene rings is 1. The van der Waals surface area contributed by atoms with Crippen LogP contribution in [0.15, 0.2) is 28.5 Å². The molecule has 162 valence electrons. The van der Waals surface area contributed by atoms with Crippen molar-refractivity contribution in [2.45, 2.75) is 29.6 Å². The Morgan fingerprint density at radius 1 is 1.27 bits per heavy atom. The molecule has 0 spiro atoms. The average Bonchev–Trinajstić information content (AvgIpc) is 3.31. The van der Waals surface area contributed by atoms with Crippen molar-refractivity contribution in [3.63, 3.8) is 0 Å². The molecule has 1 N–H and O–H groups in total. The van der Waals surface area contributed by atoms with E-state index in [1.165, 1.54) is 4.90 Å². The first-order valence-corrected chi connectivity index (χ1v) is 12.3. The molecule has 4 rings (SSSR count). The number of morpholine rings is 1. The molecule has 1 aromatic heterocycles. The van der Waals surface area contributed by atoms with Gasteiger partial charge in [-0.05, 0) is 43.0 Å².